The second-order valence-electron chi connectivity index (χ2n) is 5.54. The van der Waals surface area contributed by atoms with E-state index in [1.165, 1.54) is 12.1 Å². The van der Waals surface area contributed by atoms with Crippen molar-refractivity contribution < 1.29 is 9.18 Å². The second kappa shape index (κ2) is 9.06. The van der Waals surface area contributed by atoms with E-state index >= 15 is 0 Å². The molecule has 0 heterocycles. The average Bonchev–Trinajstić information content (AvgIpc) is 2.57. The maximum atomic E-state index is 12.8. The predicted molar refractivity (Wildman–Crippen MR) is 90.6 cm³/mol. The third kappa shape index (κ3) is 5.83. The smallest absolute Gasteiger partial charge is 0.251 e. The van der Waals surface area contributed by atoms with Gasteiger partial charge in [0, 0.05) is 25.2 Å². The summed E-state index contributed by atoms with van der Waals surface area (Å²) < 4.78 is 12.8. The topological polar surface area (TPSA) is 41.1 Å². The molecule has 0 atom stereocenters. The van der Waals surface area contributed by atoms with Crippen LogP contribution in [-0.2, 0) is 13.1 Å². The van der Waals surface area contributed by atoms with Crippen molar-refractivity contribution >= 4 is 5.91 Å². The Morgan fingerprint density at radius 2 is 1.52 bits per heavy atom. The largest absolute Gasteiger partial charge is 0.352 e. The van der Waals surface area contributed by atoms with Crippen LogP contribution in [0.5, 0.6) is 0 Å². The van der Waals surface area contributed by atoms with E-state index in [-0.39, 0.29) is 11.7 Å². The number of halogens is 1. The maximum absolute atomic E-state index is 12.8. The minimum absolute atomic E-state index is 0.0238. The Morgan fingerprint density at radius 3 is 2.09 bits per heavy atom. The van der Waals surface area contributed by atoms with Crippen molar-refractivity contribution in [2.75, 3.05) is 6.54 Å². The molecule has 122 valence electrons. The highest BCUT2D eigenvalue weighted by Gasteiger charge is 2.04. The summed E-state index contributed by atoms with van der Waals surface area (Å²) in [5, 5.41) is 6.21. The molecule has 0 aliphatic carbocycles. The van der Waals surface area contributed by atoms with Crippen LogP contribution >= 0.6 is 0 Å². The highest BCUT2D eigenvalue weighted by Crippen LogP contribution is 2.06. The molecule has 0 fully saturated rings. The summed E-state index contributed by atoms with van der Waals surface area (Å²) >= 11 is 0. The normalized spacial score (nSPS) is 10.5. The van der Waals surface area contributed by atoms with Gasteiger partial charge in [0.05, 0.1) is 0 Å². The first-order valence-electron chi connectivity index (χ1n) is 8.01. The number of hydrogen-bond acceptors (Lipinski definition) is 2. The zero-order chi connectivity index (χ0) is 16.5. The van der Waals surface area contributed by atoms with E-state index < -0.39 is 0 Å². The number of amides is 1. The Hall–Kier alpha value is -2.20. The number of hydrogen-bond donors (Lipinski definition) is 2. The van der Waals surface area contributed by atoms with Gasteiger partial charge in [-0.3, -0.25) is 4.79 Å². The van der Waals surface area contributed by atoms with Crippen LogP contribution in [0.4, 0.5) is 4.39 Å². The molecule has 0 saturated carbocycles. The summed E-state index contributed by atoms with van der Waals surface area (Å²) in [6.07, 6.45) is 2.07. The van der Waals surface area contributed by atoms with Crippen molar-refractivity contribution in [3.05, 3.63) is 71.0 Å². The molecule has 2 aromatic rings. The SMILES string of the molecule is CCCCNC(=O)c1ccc(CNCc2ccc(F)cc2)cc1. The molecule has 0 aliphatic rings. The van der Waals surface area contributed by atoms with Crippen molar-refractivity contribution in [3.63, 3.8) is 0 Å². The fraction of sp³-hybridized carbons (Fsp3) is 0.316. The highest BCUT2D eigenvalue weighted by molar-refractivity contribution is 5.94. The Morgan fingerprint density at radius 1 is 0.957 bits per heavy atom. The van der Waals surface area contributed by atoms with Gasteiger partial charge in [0.25, 0.3) is 5.91 Å². The van der Waals surface area contributed by atoms with Crippen LogP contribution in [0.1, 0.15) is 41.3 Å². The lowest BCUT2D eigenvalue weighted by Gasteiger charge is -2.07. The summed E-state index contributed by atoms with van der Waals surface area (Å²) in [4.78, 5) is 11.9. The number of carbonyl (C=O) groups excluding carboxylic acids is 1. The van der Waals surface area contributed by atoms with Crippen LogP contribution < -0.4 is 10.6 Å². The zero-order valence-electron chi connectivity index (χ0n) is 13.4. The molecule has 2 aromatic carbocycles. The van der Waals surface area contributed by atoms with Crippen LogP contribution in [0, 0.1) is 5.82 Å². The molecule has 3 nitrogen and oxygen atoms in total. The summed E-state index contributed by atoms with van der Waals surface area (Å²) in [7, 11) is 0. The van der Waals surface area contributed by atoms with Crippen LogP contribution in [0.2, 0.25) is 0 Å². The quantitative estimate of drug-likeness (QED) is 0.730. The molecule has 4 heteroatoms. The van der Waals surface area contributed by atoms with Gasteiger partial charge >= 0.3 is 0 Å². The number of rotatable bonds is 8. The minimum atomic E-state index is -0.221. The summed E-state index contributed by atoms with van der Waals surface area (Å²) in [6, 6.07) is 14.1. The van der Waals surface area contributed by atoms with E-state index in [1.807, 2.05) is 24.3 Å². The molecule has 1 amide bonds. The number of benzene rings is 2. The van der Waals surface area contributed by atoms with Gasteiger partial charge in [0.1, 0.15) is 5.82 Å². The molecular weight excluding hydrogens is 291 g/mol. The third-order valence-corrected chi connectivity index (χ3v) is 3.60. The lowest BCUT2D eigenvalue weighted by atomic mass is 10.1. The summed E-state index contributed by atoms with van der Waals surface area (Å²) in [6.45, 7) is 4.20. The van der Waals surface area contributed by atoms with Gasteiger partial charge in [-0.2, -0.15) is 0 Å². The summed E-state index contributed by atoms with van der Waals surface area (Å²) in [5.74, 6) is -0.245. The Kier molecular flexibility index (Phi) is 6.76. The molecule has 2 N–H and O–H groups in total. The molecule has 0 aromatic heterocycles. The zero-order valence-corrected chi connectivity index (χ0v) is 13.4. The van der Waals surface area contributed by atoms with E-state index in [0.29, 0.717) is 18.7 Å². The lowest BCUT2D eigenvalue weighted by molar-refractivity contribution is 0.0953. The molecule has 2 rings (SSSR count). The van der Waals surface area contributed by atoms with Gasteiger partial charge in [-0.15, -0.1) is 0 Å². The van der Waals surface area contributed by atoms with Crippen LogP contribution in [-0.4, -0.2) is 12.5 Å². The molecule has 23 heavy (non-hydrogen) atoms. The van der Waals surface area contributed by atoms with Gasteiger partial charge in [0.2, 0.25) is 0 Å². The second-order valence-corrected chi connectivity index (χ2v) is 5.54. The van der Waals surface area contributed by atoms with Crippen molar-refractivity contribution in [2.45, 2.75) is 32.9 Å². The standard InChI is InChI=1S/C19H23FN2O/c1-2-3-12-22-19(23)17-8-4-15(5-9-17)13-21-14-16-6-10-18(20)11-7-16/h4-11,21H,2-3,12-14H2,1H3,(H,22,23). The van der Waals surface area contributed by atoms with Crippen molar-refractivity contribution in [2.24, 2.45) is 0 Å². The molecule has 0 spiro atoms. The fourth-order valence-corrected chi connectivity index (χ4v) is 2.21. The number of carbonyl (C=O) groups is 1. The van der Waals surface area contributed by atoms with Crippen LogP contribution in [0.3, 0.4) is 0 Å². The van der Waals surface area contributed by atoms with Gasteiger partial charge in [-0.05, 0) is 41.8 Å². The first-order chi connectivity index (χ1) is 11.2. The molecular formula is C19H23FN2O. The van der Waals surface area contributed by atoms with Crippen molar-refractivity contribution in [3.8, 4) is 0 Å². The maximum Gasteiger partial charge on any atom is 0.251 e. The molecule has 0 radical (unpaired) electrons. The van der Waals surface area contributed by atoms with Crippen molar-refractivity contribution in [1.29, 1.82) is 0 Å². The van der Waals surface area contributed by atoms with Gasteiger partial charge in [-0.25, -0.2) is 4.39 Å². The van der Waals surface area contributed by atoms with Gasteiger partial charge in [-0.1, -0.05) is 37.6 Å². The van der Waals surface area contributed by atoms with E-state index in [0.717, 1.165) is 30.5 Å². The van der Waals surface area contributed by atoms with E-state index in [9.17, 15) is 9.18 Å². The third-order valence-electron chi connectivity index (χ3n) is 3.60. The molecule has 0 aliphatic heterocycles. The number of unbranched alkanes of at least 4 members (excludes halogenated alkanes) is 1. The van der Waals surface area contributed by atoms with Gasteiger partial charge in [0.15, 0.2) is 0 Å². The Balaban J connectivity index is 1.78. The van der Waals surface area contributed by atoms with E-state index in [2.05, 4.69) is 17.6 Å². The first-order valence-corrected chi connectivity index (χ1v) is 8.01. The average molecular weight is 314 g/mol. The first kappa shape index (κ1) is 17.2. The Bertz CT molecular complexity index is 608. The molecule has 0 saturated heterocycles. The van der Waals surface area contributed by atoms with E-state index in [1.54, 1.807) is 12.1 Å². The molecule has 0 bridgehead atoms. The van der Waals surface area contributed by atoms with Crippen LogP contribution in [0.15, 0.2) is 48.5 Å². The minimum Gasteiger partial charge on any atom is -0.352 e. The summed E-state index contributed by atoms with van der Waals surface area (Å²) in [5.41, 5.74) is 2.83. The predicted octanol–water partition coefficient (Wildman–Crippen LogP) is 3.65. The highest BCUT2D eigenvalue weighted by atomic mass is 19.1. The van der Waals surface area contributed by atoms with Gasteiger partial charge < -0.3 is 10.6 Å². The van der Waals surface area contributed by atoms with Crippen molar-refractivity contribution in [1.82, 2.24) is 10.6 Å². The monoisotopic (exact) mass is 314 g/mol. The van der Waals surface area contributed by atoms with Crippen LogP contribution in [0.25, 0.3) is 0 Å². The Labute approximate surface area is 136 Å². The molecule has 0 unspecified atom stereocenters. The van der Waals surface area contributed by atoms with E-state index in [4.69, 9.17) is 0 Å². The fourth-order valence-electron chi connectivity index (χ4n) is 2.21. The number of nitrogens with one attached hydrogen (secondary N) is 2. The lowest BCUT2D eigenvalue weighted by Crippen LogP contribution is -2.24.